The Bertz CT molecular complexity index is 529. The molecular formula is C13H10F2O2. The molecule has 4 heteroatoms. The quantitative estimate of drug-likeness (QED) is 0.762. The number of carbonyl (C=O) groups is 1. The number of rotatable bonds is 3. The molecule has 0 aliphatic heterocycles. The van der Waals surface area contributed by atoms with Gasteiger partial charge >= 0.3 is 5.92 Å². The fourth-order valence-electron chi connectivity index (χ4n) is 1.49. The second kappa shape index (κ2) is 4.13. The molecule has 1 aromatic heterocycles. The summed E-state index contributed by atoms with van der Waals surface area (Å²) >= 11 is 0. The highest BCUT2D eigenvalue weighted by molar-refractivity contribution is 5.99. The van der Waals surface area contributed by atoms with Crippen LogP contribution in [0.4, 0.5) is 8.78 Å². The topological polar surface area (TPSA) is 30.2 Å². The summed E-state index contributed by atoms with van der Waals surface area (Å²) in [5.74, 6) is -4.78. The summed E-state index contributed by atoms with van der Waals surface area (Å²) in [4.78, 5) is 11.6. The lowest BCUT2D eigenvalue weighted by molar-refractivity contribution is 0.00482. The lowest BCUT2D eigenvalue weighted by atomic mass is 10.0. The van der Waals surface area contributed by atoms with Gasteiger partial charge in [-0.05, 0) is 19.1 Å². The summed E-state index contributed by atoms with van der Waals surface area (Å²) in [6, 6.07) is 9.71. The zero-order chi connectivity index (χ0) is 12.5. The molecule has 0 unspecified atom stereocenters. The van der Waals surface area contributed by atoms with Gasteiger partial charge in [0.2, 0.25) is 0 Å². The predicted octanol–water partition coefficient (Wildman–Crippen LogP) is 3.56. The standard InChI is InChI=1S/C13H10F2O2/c1-9-7-8-11(17-9)12(16)13(14,15)10-5-3-2-4-6-10/h2-8H,1H3. The van der Waals surface area contributed by atoms with E-state index in [1.54, 1.807) is 13.0 Å². The Hall–Kier alpha value is -1.97. The van der Waals surface area contributed by atoms with Crippen LogP contribution in [-0.4, -0.2) is 5.78 Å². The molecule has 0 saturated carbocycles. The molecule has 0 saturated heterocycles. The van der Waals surface area contributed by atoms with Gasteiger partial charge in [0.15, 0.2) is 5.76 Å². The first-order valence-electron chi connectivity index (χ1n) is 5.06. The second-order valence-electron chi connectivity index (χ2n) is 3.68. The number of ketones is 1. The number of benzene rings is 1. The van der Waals surface area contributed by atoms with Gasteiger partial charge in [-0.2, -0.15) is 8.78 Å². The van der Waals surface area contributed by atoms with Gasteiger partial charge in [0.25, 0.3) is 5.78 Å². The molecule has 17 heavy (non-hydrogen) atoms. The highest BCUT2D eigenvalue weighted by atomic mass is 19.3. The van der Waals surface area contributed by atoms with Crippen molar-refractivity contribution in [2.75, 3.05) is 0 Å². The molecule has 0 aliphatic carbocycles. The van der Waals surface area contributed by atoms with E-state index in [9.17, 15) is 13.6 Å². The van der Waals surface area contributed by atoms with Crippen LogP contribution in [0.2, 0.25) is 0 Å². The van der Waals surface area contributed by atoms with Crippen molar-refractivity contribution in [3.05, 3.63) is 59.5 Å². The van der Waals surface area contributed by atoms with Crippen LogP contribution < -0.4 is 0 Å². The second-order valence-corrected chi connectivity index (χ2v) is 3.68. The van der Waals surface area contributed by atoms with Crippen molar-refractivity contribution >= 4 is 5.78 Å². The number of halogens is 2. The van der Waals surface area contributed by atoms with Gasteiger partial charge in [0.1, 0.15) is 5.76 Å². The number of hydrogen-bond donors (Lipinski definition) is 0. The SMILES string of the molecule is Cc1ccc(C(=O)C(F)(F)c2ccccc2)o1. The van der Waals surface area contributed by atoms with Crippen molar-refractivity contribution in [3.63, 3.8) is 0 Å². The maximum absolute atomic E-state index is 13.8. The third-order valence-electron chi connectivity index (χ3n) is 2.39. The van der Waals surface area contributed by atoms with Crippen LogP contribution in [0.15, 0.2) is 46.9 Å². The van der Waals surface area contributed by atoms with Gasteiger partial charge in [0, 0.05) is 5.56 Å². The van der Waals surface area contributed by atoms with E-state index in [2.05, 4.69) is 0 Å². The van der Waals surface area contributed by atoms with Crippen molar-refractivity contribution in [2.24, 2.45) is 0 Å². The Morgan fingerprint density at radius 1 is 1.12 bits per heavy atom. The molecule has 0 atom stereocenters. The molecule has 0 bridgehead atoms. The molecule has 2 nitrogen and oxygen atoms in total. The Kier molecular flexibility index (Phi) is 2.79. The first kappa shape index (κ1) is 11.5. The van der Waals surface area contributed by atoms with Crippen LogP contribution in [0, 0.1) is 6.92 Å². The summed E-state index contributed by atoms with van der Waals surface area (Å²) in [6.07, 6.45) is 0. The summed E-state index contributed by atoms with van der Waals surface area (Å²) in [6.45, 7) is 1.59. The molecule has 0 spiro atoms. The van der Waals surface area contributed by atoms with Crippen molar-refractivity contribution in [1.29, 1.82) is 0 Å². The fraction of sp³-hybridized carbons (Fsp3) is 0.154. The van der Waals surface area contributed by atoms with Crippen LogP contribution in [0.3, 0.4) is 0 Å². The molecule has 88 valence electrons. The van der Waals surface area contributed by atoms with Crippen LogP contribution in [0.1, 0.15) is 21.9 Å². The average molecular weight is 236 g/mol. The molecule has 0 fully saturated rings. The molecular weight excluding hydrogens is 226 g/mol. The van der Waals surface area contributed by atoms with Gasteiger partial charge in [-0.25, -0.2) is 0 Å². The highest BCUT2D eigenvalue weighted by Crippen LogP contribution is 2.32. The van der Waals surface area contributed by atoms with Crippen LogP contribution in [-0.2, 0) is 5.92 Å². The van der Waals surface area contributed by atoms with E-state index >= 15 is 0 Å². The maximum atomic E-state index is 13.8. The van der Waals surface area contributed by atoms with Crippen molar-refractivity contribution in [3.8, 4) is 0 Å². The lowest BCUT2D eigenvalue weighted by Gasteiger charge is -2.13. The number of hydrogen-bond acceptors (Lipinski definition) is 2. The third-order valence-corrected chi connectivity index (χ3v) is 2.39. The van der Waals surface area contributed by atoms with Gasteiger partial charge < -0.3 is 4.42 Å². The molecule has 1 aromatic carbocycles. The van der Waals surface area contributed by atoms with Crippen molar-refractivity contribution < 1.29 is 18.0 Å². The number of carbonyl (C=O) groups excluding carboxylic acids is 1. The van der Waals surface area contributed by atoms with Crippen molar-refractivity contribution in [2.45, 2.75) is 12.8 Å². The van der Waals surface area contributed by atoms with Gasteiger partial charge in [-0.1, -0.05) is 30.3 Å². The Morgan fingerprint density at radius 3 is 2.29 bits per heavy atom. The molecule has 0 amide bonds. The summed E-state index contributed by atoms with van der Waals surface area (Å²) in [5, 5.41) is 0. The molecule has 0 radical (unpaired) electrons. The maximum Gasteiger partial charge on any atom is 0.338 e. The molecule has 0 aliphatic rings. The molecule has 2 aromatic rings. The minimum Gasteiger partial charge on any atom is -0.458 e. The minimum absolute atomic E-state index is 0.323. The van der Waals surface area contributed by atoms with Crippen LogP contribution >= 0.6 is 0 Å². The Labute approximate surface area is 96.9 Å². The summed E-state index contributed by atoms with van der Waals surface area (Å²) in [7, 11) is 0. The van der Waals surface area contributed by atoms with Gasteiger partial charge in [-0.15, -0.1) is 0 Å². The zero-order valence-electron chi connectivity index (χ0n) is 9.11. The smallest absolute Gasteiger partial charge is 0.338 e. The summed E-state index contributed by atoms with van der Waals surface area (Å²) in [5.41, 5.74) is -0.334. The van der Waals surface area contributed by atoms with Crippen molar-refractivity contribution in [1.82, 2.24) is 0 Å². The van der Waals surface area contributed by atoms with E-state index in [1.807, 2.05) is 0 Å². The van der Waals surface area contributed by atoms with Gasteiger partial charge in [0.05, 0.1) is 0 Å². The number of alkyl halides is 2. The van der Waals surface area contributed by atoms with E-state index in [0.29, 0.717) is 5.76 Å². The molecule has 1 heterocycles. The van der Waals surface area contributed by atoms with E-state index in [4.69, 9.17) is 4.42 Å². The van der Waals surface area contributed by atoms with Gasteiger partial charge in [-0.3, -0.25) is 4.79 Å². The first-order valence-corrected chi connectivity index (χ1v) is 5.06. The van der Waals surface area contributed by atoms with Crippen LogP contribution in [0.5, 0.6) is 0 Å². The Morgan fingerprint density at radius 2 is 1.76 bits per heavy atom. The Balaban J connectivity index is 2.36. The van der Waals surface area contributed by atoms with E-state index in [-0.39, 0.29) is 11.3 Å². The lowest BCUT2D eigenvalue weighted by Crippen LogP contribution is -2.25. The van der Waals surface area contributed by atoms with Crippen LogP contribution in [0.25, 0.3) is 0 Å². The fourth-order valence-corrected chi connectivity index (χ4v) is 1.49. The van der Waals surface area contributed by atoms with E-state index in [0.717, 1.165) is 0 Å². The highest BCUT2D eigenvalue weighted by Gasteiger charge is 2.42. The number of Topliss-reactive ketones (excluding diaryl/α,β-unsaturated/α-hetero) is 1. The normalized spacial score (nSPS) is 11.5. The first-order chi connectivity index (χ1) is 8.01. The molecule has 2 rings (SSSR count). The monoisotopic (exact) mass is 236 g/mol. The average Bonchev–Trinajstić information content (AvgIpc) is 2.76. The van der Waals surface area contributed by atoms with E-state index in [1.165, 1.54) is 36.4 Å². The van der Waals surface area contributed by atoms with E-state index < -0.39 is 11.7 Å². The minimum atomic E-state index is -3.56. The zero-order valence-corrected chi connectivity index (χ0v) is 9.11. The number of aryl methyl sites for hydroxylation is 1. The largest absolute Gasteiger partial charge is 0.458 e. The molecule has 0 N–H and O–H groups in total. The summed E-state index contributed by atoms with van der Waals surface area (Å²) < 4.78 is 32.6. The predicted molar refractivity (Wildman–Crippen MR) is 58.1 cm³/mol. The third kappa shape index (κ3) is 2.11. The number of furan rings is 1.